The van der Waals surface area contributed by atoms with Gasteiger partial charge in [0.15, 0.2) is 10.6 Å². The second-order valence-corrected chi connectivity index (χ2v) is 7.42. The number of nitrogens with zero attached hydrogens (tertiary/aromatic N) is 6. The van der Waals surface area contributed by atoms with Gasteiger partial charge >= 0.3 is 6.03 Å². The molecule has 0 aromatic carbocycles. The lowest BCUT2D eigenvalue weighted by Crippen LogP contribution is -2.55. The van der Waals surface area contributed by atoms with E-state index in [1.54, 1.807) is 22.5 Å². The highest BCUT2D eigenvalue weighted by molar-refractivity contribution is 7.16. The van der Waals surface area contributed by atoms with Crippen molar-refractivity contribution in [3.05, 3.63) is 29.0 Å². The molecular formula is C16H17ClN8OS. The van der Waals surface area contributed by atoms with Crippen molar-refractivity contribution in [1.29, 1.82) is 0 Å². The fourth-order valence-electron chi connectivity index (χ4n) is 3.07. The van der Waals surface area contributed by atoms with Crippen molar-refractivity contribution in [3.8, 4) is 0 Å². The van der Waals surface area contributed by atoms with E-state index in [0.29, 0.717) is 36.3 Å². The molecule has 1 aliphatic rings. The molecule has 0 saturated carbocycles. The van der Waals surface area contributed by atoms with Gasteiger partial charge in [0.25, 0.3) is 0 Å². The first-order valence-electron chi connectivity index (χ1n) is 8.32. The van der Waals surface area contributed by atoms with Crippen LogP contribution in [0.1, 0.15) is 6.92 Å². The fourth-order valence-corrected chi connectivity index (χ4v) is 3.84. The Balaban J connectivity index is 1.48. The van der Waals surface area contributed by atoms with Gasteiger partial charge in [-0.15, -0.1) is 11.3 Å². The number of urea groups is 1. The van der Waals surface area contributed by atoms with Crippen molar-refractivity contribution in [3.63, 3.8) is 0 Å². The molecule has 1 atom stereocenters. The van der Waals surface area contributed by atoms with Crippen molar-refractivity contribution in [2.45, 2.75) is 13.0 Å². The highest BCUT2D eigenvalue weighted by Gasteiger charge is 2.29. The van der Waals surface area contributed by atoms with Crippen LogP contribution in [0.3, 0.4) is 0 Å². The van der Waals surface area contributed by atoms with E-state index in [2.05, 4.69) is 30.2 Å². The molecule has 27 heavy (non-hydrogen) atoms. The smallest absolute Gasteiger partial charge is 0.322 e. The number of piperazine rings is 1. The van der Waals surface area contributed by atoms with Gasteiger partial charge in [-0.1, -0.05) is 11.6 Å². The SMILES string of the molecule is CC1CN(C(=O)Nc2ccc(Cl)nc2)CCN1c1nc(N)nc2scnc12. The van der Waals surface area contributed by atoms with E-state index in [1.807, 2.05) is 6.92 Å². The van der Waals surface area contributed by atoms with Crippen LogP contribution < -0.4 is 16.0 Å². The van der Waals surface area contributed by atoms with Gasteiger partial charge in [0, 0.05) is 25.7 Å². The zero-order valence-corrected chi connectivity index (χ0v) is 16.0. The van der Waals surface area contributed by atoms with Crippen LogP contribution in [0.2, 0.25) is 5.15 Å². The summed E-state index contributed by atoms with van der Waals surface area (Å²) in [5.41, 5.74) is 8.93. The summed E-state index contributed by atoms with van der Waals surface area (Å²) in [5.74, 6) is 0.942. The van der Waals surface area contributed by atoms with Crippen LogP contribution in [0.15, 0.2) is 23.8 Å². The lowest BCUT2D eigenvalue weighted by molar-refractivity contribution is 0.200. The molecule has 1 saturated heterocycles. The molecule has 4 rings (SSSR count). The first-order chi connectivity index (χ1) is 13.0. The molecule has 9 nitrogen and oxygen atoms in total. The zero-order valence-electron chi connectivity index (χ0n) is 14.5. The van der Waals surface area contributed by atoms with Crippen LogP contribution in [-0.2, 0) is 0 Å². The number of rotatable bonds is 2. The van der Waals surface area contributed by atoms with Crippen molar-refractivity contribution >= 4 is 56.8 Å². The fraction of sp³-hybridized carbons (Fsp3) is 0.312. The van der Waals surface area contributed by atoms with Crippen LogP contribution in [0.5, 0.6) is 0 Å². The van der Waals surface area contributed by atoms with E-state index < -0.39 is 0 Å². The number of fused-ring (bicyclic) bond motifs is 1. The van der Waals surface area contributed by atoms with Crippen LogP contribution in [0.25, 0.3) is 10.3 Å². The summed E-state index contributed by atoms with van der Waals surface area (Å²) < 4.78 is 0. The van der Waals surface area contributed by atoms with E-state index in [1.165, 1.54) is 17.5 Å². The number of hydrogen-bond acceptors (Lipinski definition) is 8. The highest BCUT2D eigenvalue weighted by atomic mass is 35.5. The normalized spacial score (nSPS) is 17.3. The number of carbonyl (C=O) groups excluding carboxylic acids is 1. The number of carbonyl (C=O) groups is 1. The number of nitrogens with one attached hydrogen (secondary N) is 1. The maximum Gasteiger partial charge on any atom is 0.322 e. The third-order valence-corrected chi connectivity index (χ3v) is 5.30. The molecule has 1 aliphatic heterocycles. The van der Waals surface area contributed by atoms with Crippen LogP contribution >= 0.6 is 22.9 Å². The summed E-state index contributed by atoms with van der Waals surface area (Å²) in [4.78, 5) is 34.1. The molecule has 0 aliphatic carbocycles. The van der Waals surface area contributed by atoms with E-state index in [9.17, 15) is 4.79 Å². The van der Waals surface area contributed by atoms with Gasteiger partial charge < -0.3 is 20.9 Å². The van der Waals surface area contributed by atoms with E-state index in [0.717, 1.165) is 10.3 Å². The molecule has 4 heterocycles. The number of anilines is 3. The Bertz CT molecular complexity index is 978. The third-order valence-electron chi connectivity index (χ3n) is 4.36. The van der Waals surface area contributed by atoms with Crippen LogP contribution in [-0.4, -0.2) is 56.5 Å². The van der Waals surface area contributed by atoms with Crippen molar-refractivity contribution in [1.82, 2.24) is 24.8 Å². The summed E-state index contributed by atoms with van der Waals surface area (Å²) in [6, 6.07) is 3.23. The molecule has 3 aromatic rings. The van der Waals surface area contributed by atoms with Crippen LogP contribution in [0.4, 0.5) is 22.2 Å². The topological polar surface area (TPSA) is 113 Å². The number of halogens is 1. The number of nitrogen functional groups attached to an aromatic ring is 1. The standard InChI is InChI=1S/C16H17ClN8OS/c1-9-7-24(16(26)21-10-2-3-11(17)19-6-10)4-5-25(9)13-12-14(27-8-20-12)23-15(18)22-13/h2-3,6,8-9H,4-5,7H2,1H3,(H,21,26)(H2,18,22,23). The number of amides is 2. The Morgan fingerprint density at radius 1 is 1.33 bits per heavy atom. The molecule has 2 amide bonds. The lowest BCUT2D eigenvalue weighted by Gasteiger charge is -2.40. The largest absolute Gasteiger partial charge is 0.368 e. The molecule has 0 spiro atoms. The van der Waals surface area contributed by atoms with Crippen molar-refractivity contribution < 1.29 is 4.79 Å². The molecule has 1 unspecified atom stereocenters. The Morgan fingerprint density at radius 2 is 2.19 bits per heavy atom. The monoisotopic (exact) mass is 404 g/mol. The Morgan fingerprint density at radius 3 is 2.93 bits per heavy atom. The molecular weight excluding hydrogens is 388 g/mol. The van der Waals surface area contributed by atoms with E-state index >= 15 is 0 Å². The quantitative estimate of drug-likeness (QED) is 0.630. The second kappa shape index (κ2) is 7.12. The Hall–Kier alpha value is -2.72. The molecule has 3 aromatic heterocycles. The van der Waals surface area contributed by atoms with Gasteiger partial charge in [0.1, 0.15) is 10.7 Å². The number of nitrogens with two attached hydrogens (primary N) is 1. The van der Waals surface area contributed by atoms with Gasteiger partial charge in [-0.3, -0.25) is 0 Å². The predicted octanol–water partition coefficient (Wildman–Crippen LogP) is 2.46. The Kier molecular flexibility index (Phi) is 4.66. The van der Waals surface area contributed by atoms with Gasteiger partial charge in [-0.2, -0.15) is 4.98 Å². The van der Waals surface area contributed by atoms with E-state index in [4.69, 9.17) is 17.3 Å². The van der Waals surface area contributed by atoms with E-state index in [-0.39, 0.29) is 18.0 Å². The molecule has 0 bridgehead atoms. The maximum atomic E-state index is 12.5. The number of thiazole rings is 1. The van der Waals surface area contributed by atoms with Gasteiger partial charge in [0.05, 0.1) is 17.4 Å². The maximum absolute atomic E-state index is 12.5. The molecule has 11 heteroatoms. The molecule has 3 N–H and O–H groups in total. The predicted molar refractivity (Wildman–Crippen MR) is 106 cm³/mol. The average Bonchev–Trinajstić information content (AvgIpc) is 3.11. The minimum Gasteiger partial charge on any atom is -0.368 e. The first kappa shape index (κ1) is 17.7. The summed E-state index contributed by atoms with van der Waals surface area (Å²) in [7, 11) is 0. The molecule has 0 radical (unpaired) electrons. The third kappa shape index (κ3) is 3.58. The average molecular weight is 405 g/mol. The lowest BCUT2D eigenvalue weighted by atomic mass is 10.2. The van der Waals surface area contributed by atoms with Gasteiger partial charge in [-0.25, -0.2) is 19.7 Å². The summed E-state index contributed by atoms with van der Waals surface area (Å²) in [6.45, 7) is 3.76. The molecule has 140 valence electrons. The number of hydrogen-bond donors (Lipinski definition) is 2. The summed E-state index contributed by atoms with van der Waals surface area (Å²) in [6.07, 6.45) is 1.53. The minimum atomic E-state index is -0.174. The first-order valence-corrected chi connectivity index (χ1v) is 9.58. The minimum absolute atomic E-state index is 0.0482. The van der Waals surface area contributed by atoms with Crippen LogP contribution in [0, 0.1) is 0 Å². The molecule has 1 fully saturated rings. The number of aromatic nitrogens is 4. The van der Waals surface area contributed by atoms with Crippen molar-refractivity contribution in [2.75, 3.05) is 35.6 Å². The zero-order chi connectivity index (χ0) is 19.0. The second-order valence-electron chi connectivity index (χ2n) is 6.20. The van der Waals surface area contributed by atoms with Crippen molar-refractivity contribution in [2.24, 2.45) is 0 Å². The number of pyridine rings is 1. The summed E-state index contributed by atoms with van der Waals surface area (Å²) >= 11 is 7.20. The summed E-state index contributed by atoms with van der Waals surface area (Å²) in [5, 5.41) is 3.22. The van der Waals surface area contributed by atoms with Gasteiger partial charge in [-0.05, 0) is 19.1 Å². The van der Waals surface area contributed by atoms with Gasteiger partial charge in [0.2, 0.25) is 5.95 Å². The highest BCUT2D eigenvalue weighted by Crippen LogP contribution is 2.28. The Labute approximate surface area is 164 Å².